The van der Waals surface area contributed by atoms with Crippen LogP contribution in [0.15, 0.2) is 0 Å². The third-order valence-corrected chi connectivity index (χ3v) is 2.52. The van der Waals surface area contributed by atoms with Crippen LogP contribution in [-0.4, -0.2) is 18.2 Å². The molecule has 0 rings (SSSR count). The highest BCUT2D eigenvalue weighted by Crippen LogP contribution is 2.10. The van der Waals surface area contributed by atoms with Crippen LogP contribution in [0.3, 0.4) is 0 Å². The van der Waals surface area contributed by atoms with Gasteiger partial charge < -0.3 is 5.32 Å². The third-order valence-electron chi connectivity index (χ3n) is 2.52. The summed E-state index contributed by atoms with van der Waals surface area (Å²) in [5, 5.41) is 7.09. The van der Waals surface area contributed by atoms with Gasteiger partial charge in [0.2, 0.25) is 0 Å². The molecule has 2 nitrogen and oxygen atoms in total. The van der Waals surface area contributed by atoms with Crippen molar-refractivity contribution in [3.8, 4) is 0 Å². The molecule has 0 saturated heterocycles. The van der Waals surface area contributed by atoms with Gasteiger partial charge in [0.05, 0.1) is 6.17 Å². The summed E-state index contributed by atoms with van der Waals surface area (Å²) in [5.74, 6) is 0.630. The molecule has 0 aromatic heterocycles. The average Bonchev–Trinajstić information content (AvgIpc) is 2.03. The van der Waals surface area contributed by atoms with Crippen LogP contribution in [0.4, 0.5) is 0 Å². The van der Waals surface area contributed by atoms with Crippen LogP contribution in [0.25, 0.3) is 0 Å². The summed E-state index contributed by atoms with van der Waals surface area (Å²) >= 11 is 0. The first-order chi connectivity index (χ1) is 5.93. The highest BCUT2D eigenvalue weighted by atomic mass is 15.2. The molecule has 0 spiro atoms. The van der Waals surface area contributed by atoms with Crippen molar-refractivity contribution in [1.82, 2.24) is 10.6 Å². The van der Waals surface area contributed by atoms with E-state index in [1.54, 1.807) is 0 Å². The average molecular weight is 186 g/mol. The Balaban J connectivity index is 4.08. The van der Waals surface area contributed by atoms with Crippen molar-refractivity contribution in [2.75, 3.05) is 6.54 Å². The van der Waals surface area contributed by atoms with Crippen LogP contribution in [0.1, 0.15) is 48.0 Å². The summed E-state index contributed by atoms with van der Waals surface area (Å²) in [6.07, 6.45) is 1.58. The largest absolute Gasteiger partial charge is 0.302 e. The van der Waals surface area contributed by atoms with Gasteiger partial charge in [0, 0.05) is 5.54 Å². The molecule has 0 amide bonds. The van der Waals surface area contributed by atoms with Crippen LogP contribution < -0.4 is 10.6 Å². The molecule has 0 heterocycles. The fourth-order valence-electron chi connectivity index (χ4n) is 1.20. The zero-order chi connectivity index (χ0) is 10.5. The van der Waals surface area contributed by atoms with Crippen LogP contribution in [0.5, 0.6) is 0 Å². The number of hydrogen-bond donors (Lipinski definition) is 2. The Morgan fingerprint density at radius 2 is 1.69 bits per heavy atom. The van der Waals surface area contributed by atoms with E-state index in [4.69, 9.17) is 0 Å². The van der Waals surface area contributed by atoms with Gasteiger partial charge in [0.1, 0.15) is 0 Å². The van der Waals surface area contributed by atoms with Gasteiger partial charge in [-0.3, -0.25) is 5.32 Å². The quantitative estimate of drug-likeness (QED) is 0.622. The molecule has 1 unspecified atom stereocenters. The summed E-state index contributed by atoms with van der Waals surface area (Å²) in [6.45, 7) is 14.4. The monoisotopic (exact) mass is 186 g/mol. The smallest absolute Gasteiger partial charge is 0.0599 e. The lowest BCUT2D eigenvalue weighted by Crippen LogP contribution is -2.54. The Morgan fingerprint density at radius 3 is 2.00 bits per heavy atom. The molecule has 2 heteroatoms. The fraction of sp³-hybridized carbons (Fsp3) is 1.00. The lowest BCUT2D eigenvalue weighted by atomic mass is 9.99. The molecule has 0 bridgehead atoms. The lowest BCUT2D eigenvalue weighted by molar-refractivity contribution is 0.246. The van der Waals surface area contributed by atoms with Gasteiger partial charge in [-0.1, -0.05) is 27.7 Å². The summed E-state index contributed by atoms with van der Waals surface area (Å²) < 4.78 is 0. The van der Waals surface area contributed by atoms with Crippen LogP contribution >= 0.6 is 0 Å². The van der Waals surface area contributed by atoms with Crippen LogP contribution in [0, 0.1) is 5.92 Å². The minimum absolute atomic E-state index is 0.233. The van der Waals surface area contributed by atoms with E-state index >= 15 is 0 Å². The minimum atomic E-state index is 0.233. The zero-order valence-corrected chi connectivity index (χ0v) is 10.1. The number of rotatable bonds is 6. The Morgan fingerprint density at radius 1 is 1.15 bits per heavy atom. The highest BCUT2D eigenvalue weighted by Gasteiger charge is 2.21. The van der Waals surface area contributed by atoms with Crippen molar-refractivity contribution in [3.63, 3.8) is 0 Å². The Kier molecular flexibility index (Phi) is 5.57. The predicted octanol–water partition coefficient (Wildman–Crippen LogP) is 2.36. The van der Waals surface area contributed by atoms with Gasteiger partial charge in [0.15, 0.2) is 0 Å². The van der Waals surface area contributed by atoms with Gasteiger partial charge in [-0.25, -0.2) is 0 Å². The Bertz CT molecular complexity index is 130. The van der Waals surface area contributed by atoms with Crippen molar-refractivity contribution in [2.24, 2.45) is 5.92 Å². The van der Waals surface area contributed by atoms with E-state index in [1.807, 2.05) is 0 Å². The van der Waals surface area contributed by atoms with Gasteiger partial charge >= 0.3 is 0 Å². The van der Waals surface area contributed by atoms with E-state index in [0.717, 1.165) is 13.0 Å². The summed E-state index contributed by atoms with van der Waals surface area (Å²) in [4.78, 5) is 0. The summed E-state index contributed by atoms with van der Waals surface area (Å²) in [5.41, 5.74) is 0.233. The van der Waals surface area contributed by atoms with Gasteiger partial charge in [-0.2, -0.15) is 0 Å². The molecule has 0 saturated carbocycles. The maximum atomic E-state index is 3.63. The SMILES string of the molecule is CCNC(NC(C)(C)CC)C(C)C. The molecule has 0 aromatic rings. The molecular formula is C11H26N2. The molecule has 1 atom stereocenters. The van der Waals surface area contributed by atoms with Crippen molar-refractivity contribution in [1.29, 1.82) is 0 Å². The topological polar surface area (TPSA) is 24.1 Å². The normalized spacial score (nSPS) is 15.0. The van der Waals surface area contributed by atoms with Crippen molar-refractivity contribution in [3.05, 3.63) is 0 Å². The lowest BCUT2D eigenvalue weighted by Gasteiger charge is -2.33. The van der Waals surface area contributed by atoms with Gasteiger partial charge in [-0.05, 0) is 32.7 Å². The third kappa shape index (κ3) is 5.27. The zero-order valence-electron chi connectivity index (χ0n) is 10.1. The van der Waals surface area contributed by atoms with E-state index in [-0.39, 0.29) is 5.54 Å². The Labute approximate surface area is 83.5 Å². The van der Waals surface area contributed by atoms with Crippen LogP contribution in [0.2, 0.25) is 0 Å². The predicted molar refractivity (Wildman–Crippen MR) is 59.8 cm³/mol. The van der Waals surface area contributed by atoms with Crippen LogP contribution in [-0.2, 0) is 0 Å². The second-order valence-corrected chi connectivity index (χ2v) is 4.66. The van der Waals surface area contributed by atoms with E-state index < -0.39 is 0 Å². The molecule has 0 aliphatic carbocycles. The molecule has 0 aliphatic rings. The second kappa shape index (κ2) is 5.61. The molecule has 13 heavy (non-hydrogen) atoms. The molecular weight excluding hydrogens is 160 g/mol. The summed E-state index contributed by atoms with van der Waals surface area (Å²) in [7, 11) is 0. The van der Waals surface area contributed by atoms with E-state index in [9.17, 15) is 0 Å². The van der Waals surface area contributed by atoms with Crippen molar-refractivity contribution in [2.45, 2.75) is 59.7 Å². The standard InChI is InChI=1S/C11H26N2/c1-7-11(5,6)13-10(9(3)4)12-8-2/h9-10,12-13H,7-8H2,1-6H3. The Hall–Kier alpha value is -0.0800. The van der Waals surface area contributed by atoms with Gasteiger partial charge in [0.25, 0.3) is 0 Å². The van der Waals surface area contributed by atoms with Crippen molar-refractivity contribution >= 4 is 0 Å². The van der Waals surface area contributed by atoms with E-state index in [2.05, 4.69) is 52.2 Å². The van der Waals surface area contributed by atoms with Crippen molar-refractivity contribution < 1.29 is 0 Å². The molecule has 80 valence electrons. The first-order valence-electron chi connectivity index (χ1n) is 5.44. The minimum Gasteiger partial charge on any atom is -0.302 e. The molecule has 0 radical (unpaired) electrons. The van der Waals surface area contributed by atoms with Gasteiger partial charge in [-0.15, -0.1) is 0 Å². The maximum Gasteiger partial charge on any atom is 0.0599 e. The number of hydrogen-bond acceptors (Lipinski definition) is 2. The molecule has 0 aliphatic heterocycles. The second-order valence-electron chi connectivity index (χ2n) is 4.66. The molecule has 0 aromatic carbocycles. The fourth-order valence-corrected chi connectivity index (χ4v) is 1.20. The highest BCUT2D eigenvalue weighted by molar-refractivity contribution is 4.81. The first kappa shape index (κ1) is 12.9. The summed E-state index contributed by atoms with van der Waals surface area (Å²) in [6, 6.07) is 0. The van der Waals surface area contributed by atoms with E-state index in [0.29, 0.717) is 12.1 Å². The molecule has 2 N–H and O–H groups in total. The molecule has 0 fully saturated rings. The number of nitrogens with one attached hydrogen (secondary N) is 2. The first-order valence-corrected chi connectivity index (χ1v) is 5.44. The van der Waals surface area contributed by atoms with E-state index in [1.165, 1.54) is 0 Å². The maximum absolute atomic E-state index is 3.63.